The molecule has 1 heterocycles. The summed E-state index contributed by atoms with van der Waals surface area (Å²) in [4.78, 5) is 22.5. The Morgan fingerprint density at radius 3 is 2.24 bits per heavy atom. The molecule has 1 aliphatic rings. The van der Waals surface area contributed by atoms with Crippen LogP contribution in [-0.2, 0) is 24.7 Å². The summed E-state index contributed by atoms with van der Waals surface area (Å²) in [5.74, 6) is -0.729. The van der Waals surface area contributed by atoms with E-state index >= 15 is 0 Å². The number of nitrogens with one attached hydrogen (secondary N) is 1. The fraction of sp³-hybridized carbons (Fsp3) is 0.350. The number of non-ortho nitro benzene ring substituents is 1. The maximum Gasteiger partial charge on any atom is 0.273 e. The lowest BCUT2D eigenvalue weighted by Crippen LogP contribution is -2.41. The highest BCUT2D eigenvalue weighted by molar-refractivity contribution is 7.93. The number of sulfone groups is 1. The summed E-state index contributed by atoms with van der Waals surface area (Å²) in [7, 11) is -6.50. The Morgan fingerprint density at radius 1 is 1.09 bits per heavy atom. The first-order valence-corrected chi connectivity index (χ1v) is 13.2. The zero-order valence-electron chi connectivity index (χ0n) is 17.9. The van der Waals surface area contributed by atoms with Crippen LogP contribution in [-0.4, -0.2) is 58.4 Å². The van der Waals surface area contributed by atoms with Crippen molar-refractivity contribution in [3.05, 3.63) is 52.6 Å². The van der Waals surface area contributed by atoms with E-state index in [2.05, 4.69) is 5.32 Å². The molecule has 178 valence electrons. The first-order valence-electron chi connectivity index (χ1n) is 9.87. The maximum atomic E-state index is 13.1. The molecule has 11 nitrogen and oxygen atoms in total. The minimum atomic E-state index is -4.07. The Bertz CT molecular complexity index is 1280. The number of ether oxygens (including phenoxy) is 1. The molecular formula is C20H23N3O8S2. The minimum absolute atomic E-state index is 0.0376. The van der Waals surface area contributed by atoms with Gasteiger partial charge in [0.25, 0.3) is 5.69 Å². The lowest BCUT2D eigenvalue weighted by Gasteiger charge is -2.31. The number of sulfonamides is 1. The van der Waals surface area contributed by atoms with E-state index in [9.17, 15) is 31.7 Å². The molecule has 13 heteroatoms. The van der Waals surface area contributed by atoms with E-state index < -0.39 is 30.7 Å². The van der Waals surface area contributed by atoms with Crippen molar-refractivity contribution < 1.29 is 31.3 Å². The largest absolute Gasteiger partial charge is 0.494 e. The van der Waals surface area contributed by atoms with Crippen molar-refractivity contribution in [2.45, 2.75) is 22.6 Å². The number of carbonyl (C=O) groups excluding carboxylic acids is 1. The normalized spacial score (nSPS) is 15.7. The van der Waals surface area contributed by atoms with Crippen LogP contribution in [0, 0.1) is 16.0 Å². The number of methoxy groups -OCH3 is 1. The Labute approximate surface area is 191 Å². The maximum absolute atomic E-state index is 13.1. The van der Waals surface area contributed by atoms with Crippen LogP contribution in [0.4, 0.5) is 11.4 Å². The Balaban J connectivity index is 1.72. The first kappa shape index (κ1) is 24.6. The smallest absolute Gasteiger partial charge is 0.273 e. The SMILES string of the molecule is COc1cc([N+](=O)[O-])ccc1NC(=O)C1CCN(S(=O)(=O)c2ccccc2S(C)(=O)=O)CC1. The van der Waals surface area contributed by atoms with Gasteiger partial charge in [-0.05, 0) is 31.0 Å². The van der Waals surface area contributed by atoms with Gasteiger partial charge in [0.15, 0.2) is 9.84 Å². The van der Waals surface area contributed by atoms with Crippen molar-refractivity contribution in [2.75, 3.05) is 31.8 Å². The van der Waals surface area contributed by atoms with Gasteiger partial charge in [-0.1, -0.05) is 12.1 Å². The molecule has 0 aliphatic carbocycles. The van der Waals surface area contributed by atoms with Gasteiger partial charge in [0.2, 0.25) is 15.9 Å². The van der Waals surface area contributed by atoms with Gasteiger partial charge in [0.1, 0.15) is 10.6 Å². The summed E-state index contributed by atoms with van der Waals surface area (Å²) in [5, 5.41) is 13.6. The molecule has 0 bridgehead atoms. The summed E-state index contributed by atoms with van der Waals surface area (Å²) in [6.07, 6.45) is 1.40. The molecular weight excluding hydrogens is 474 g/mol. The number of nitro groups is 1. The molecule has 0 saturated carbocycles. The van der Waals surface area contributed by atoms with Crippen LogP contribution in [0.25, 0.3) is 0 Å². The highest BCUT2D eigenvalue weighted by atomic mass is 32.2. The van der Waals surface area contributed by atoms with Gasteiger partial charge in [-0.25, -0.2) is 16.8 Å². The number of hydrogen-bond donors (Lipinski definition) is 1. The third kappa shape index (κ3) is 5.31. The molecule has 2 aromatic carbocycles. The zero-order valence-corrected chi connectivity index (χ0v) is 19.6. The monoisotopic (exact) mass is 497 g/mol. The summed E-state index contributed by atoms with van der Waals surface area (Å²) >= 11 is 0. The van der Waals surface area contributed by atoms with Gasteiger partial charge in [-0.15, -0.1) is 0 Å². The third-order valence-corrected chi connectivity index (χ3v) is 8.59. The van der Waals surface area contributed by atoms with Crippen molar-refractivity contribution in [3.63, 3.8) is 0 Å². The molecule has 33 heavy (non-hydrogen) atoms. The van der Waals surface area contributed by atoms with Crippen LogP contribution in [0.5, 0.6) is 5.75 Å². The number of nitro benzene ring substituents is 1. The predicted octanol–water partition coefficient (Wildman–Crippen LogP) is 2.05. The van der Waals surface area contributed by atoms with Crippen LogP contribution in [0.1, 0.15) is 12.8 Å². The van der Waals surface area contributed by atoms with Gasteiger partial charge in [0.05, 0.1) is 28.7 Å². The second-order valence-electron chi connectivity index (χ2n) is 7.53. The quantitative estimate of drug-likeness (QED) is 0.450. The highest BCUT2D eigenvalue weighted by Crippen LogP contribution is 2.31. The van der Waals surface area contributed by atoms with Gasteiger partial charge in [0, 0.05) is 31.3 Å². The van der Waals surface area contributed by atoms with E-state index in [1.165, 1.54) is 53.9 Å². The molecule has 0 unspecified atom stereocenters. The molecule has 0 spiro atoms. The summed E-state index contributed by atoms with van der Waals surface area (Å²) in [5.41, 5.74) is 0.0861. The number of rotatable bonds is 7. The lowest BCUT2D eigenvalue weighted by atomic mass is 9.97. The Hall–Kier alpha value is -3.03. The molecule has 2 aromatic rings. The van der Waals surface area contributed by atoms with Crippen molar-refractivity contribution in [1.29, 1.82) is 0 Å². The van der Waals surface area contributed by atoms with Crippen LogP contribution >= 0.6 is 0 Å². The average molecular weight is 498 g/mol. The standard InChI is InChI=1S/C20H23N3O8S2/c1-31-17-13-15(23(25)26)7-8-16(17)21-20(24)14-9-11-22(12-10-14)33(29,30)19-6-4-3-5-18(19)32(2,27)28/h3-8,13-14H,9-12H2,1-2H3,(H,21,24). The van der Waals surface area contributed by atoms with Crippen molar-refractivity contribution in [2.24, 2.45) is 5.92 Å². The summed E-state index contributed by atoms with van der Waals surface area (Å²) in [6, 6.07) is 9.23. The van der Waals surface area contributed by atoms with Gasteiger partial charge in [-0.3, -0.25) is 14.9 Å². The number of amides is 1. The molecule has 1 aliphatic heterocycles. The molecule has 0 aromatic heterocycles. The molecule has 1 N–H and O–H groups in total. The number of nitrogens with zero attached hydrogens (tertiary/aromatic N) is 2. The third-order valence-electron chi connectivity index (χ3n) is 5.34. The van der Waals surface area contributed by atoms with Crippen molar-refractivity contribution >= 4 is 37.1 Å². The van der Waals surface area contributed by atoms with E-state index in [1.54, 1.807) is 0 Å². The van der Waals surface area contributed by atoms with Crippen LogP contribution in [0.15, 0.2) is 52.3 Å². The van der Waals surface area contributed by atoms with Gasteiger partial charge < -0.3 is 10.1 Å². The fourth-order valence-electron chi connectivity index (χ4n) is 3.60. The number of anilines is 1. The van der Waals surface area contributed by atoms with Crippen molar-refractivity contribution in [1.82, 2.24) is 4.31 Å². The molecule has 0 radical (unpaired) electrons. The van der Waals surface area contributed by atoms with E-state index in [4.69, 9.17) is 4.74 Å². The van der Waals surface area contributed by atoms with Gasteiger partial charge >= 0.3 is 0 Å². The number of hydrogen-bond acceptors (Lipinski definition) is 8. The second-order valence-corrected chi connectivity index (χ2v) is 11.4. The Kier molecular flexibility index (Phi) is 7.05. The minimum Gasteiger partial charge on any atom is -0.494 e. The van der Waals surface area contributed by atoms with E-state index in [-0.39, 0.29) is 58.8 Å². The summed E-state index contributed by atoms with van der Waals surface area (Å²) in [6.45, 7) is 0.0752. The lowest BCUT2D eigenvalue weighted by molar-refractivity contribution is -0.384. The number of benzene rings is 2. The predicted molar refractivity (Wildman–Crippen MR) is 119 cm³/mol. The highest BCUT2D eigenvalue weighted by Gasteiger charge is 2.34. The topological polar surface area (TPSA) is 153 Å². The van der Waals surface area contributed by atoms with Crippen LogP contribution < -0.4 is 10.1 Å². The van der Waals surface area contributed by atoms with Crippen molar-refractivity contribution in [3.8, 4) is 5.75 Å². The van der Waals surface area contributed by atoms with E-state index in [1.807, 2.05) is 0 Å². The van der Waals surface area contributed by atoms with E-state index in [0.717, 1.165) is 6.26 Å². The fourth-order valence-corrected chi connectivity index (χ4v) is 6.67. The van der Waals surface area contributed by atoms with Gasteiger partial charge in [-0.2, -0.15) is 4.31 Å². The molecule has 0 atom stereocenters. The molecule has 1 saturated heterocycles. The molecule has 1 amide bonds. The number of piperidine rings is 1. The summed E-state index contributed by atoms with van der Waals surface area (Å²) < 4.78 is 56.5. The Morgan fingerprint density at radius 2 is 1.70 bits per heavy atom. The van der Waals surface area contributed by atoms with Crippen LogP contribution in [0.2, 0.25) is 0 Å². The first-order chi connectivity index (χ1) is 15.4. The second kappa shape index (κ2) is 9.45. The van der Waals surface area contributed by atoms with Crippen LogP contribution in [0.3, 0.4) is 0 Å². The average Bonchev–Trinajstić information content (AvgIpc) is 2.78. The number of carbonyl (C=O) groups is 1. The molecule has 3 rings (SSSR count). The zero-order chi connectivity index (χ0) is 24.4. The molecule has 1 fully saturated rings. The van der Waals surface area contributed by atoms with E-state index in [0.29, 0.717) is 0 Å².